The van der Waals surface area contributed by atoms with Crippen molar-refractivity contribution in [2.24, 2.45) is 5.73 Å². The molecule has 2 aromatic rings. The molecule has 1 aliphatic heterocycles. The van der Waals surface area contributed by atoms with E-state index in [1.54, 1.807) is 6.33 Å². The standard InChI is InChI=1S/C18H24ClN5/c19-15-3-1-2-14(10-15)18(12-20)6-4-16(5-7-18)23-8-9-24-17(11-23)21-13-22-24/h1-3,10,13,16H,4-9,11-12,20H2. The van der Waals surface area contributed by atoms with Crippen LogP contribution in [0.15, 0.2) is 30.6 Å². The number of nitrogens with zero attached hydrogens (tertiary/aromatic N) is 4. The largest absolute Gasteiger partial charge is 0.330 e. The van der Waals surface area contributed by atoms with Crippen molar-refractivity contribution in [3.63, 3.8) is 0 Å². The maximum absolute atomic E-state index is 6.22. The van der Waals surface area contributed by atoms with E-state index in [1.807, 2.05) is 16.8 Å². The van der Waals surface area contributed by atoms with Crippen LogP contribution in [0.4, 0.5) is 0 Å². The summed E-state index contributed by atoms with van der Waals surface area (Å²) < 4.78 is 2.02. The molecule has 1 fully saturated rings. The monoisotopic (exact) mass is 345 g/mol. The van der Waals surface area contributed by atoms with Crippen molar-refractivity contribution in [3.8, 4) is 0 Å². The molecule has 0 spiro atoms. The van der Waals surface area contributed by atoms with Crippen molar-refractivity contribution in [2.75, 3.05) is 13.1 Å². The van der Waals surface area contributed by atoms with Gasteiger partial charge in [-0.2, -0.15) is 5.10 Å². The normalized spacial score (nSPS) is 27.8. The summed E-state index contributed by atoms with van der Waals surface area (Å²) in [5.41, 5.74) is 7.60. The second-order valence-electron chi connectivity index (χ2n) is 7.10. The first-order valence-electron chi connectivity index (χ1n) is 8.77. The van der Waals surface area contributed by atoms with Crippen LogP contribution < -0.4 is 5.73 Å². The van der Waals surface area contributed by atoms with Crippen molar-refractivity contribution in [1.82, 2.24) is 19.7 Å². The Balaban J connectivity index is 1.46. The Hall–Kier alpha value is -1.43. The molecule has 2 heterocycles. The third kappa shape index (κ3) is 2.85. The predicted octanol–water partition coefficient (Wildman–Crippen LogP) is 2.59. The van der Waals surface area contributed by atoms with Crippen molar-refractivity contribution < 1.29 is 0 Å². The van der Waals surface area contributed by atoms with Gasteiger partial charge in [0.15, 0.2) is 0 Å². The van der Waals surface area contributed by atoms with Gasteiger partial charge in [0, 0.05) is 29.6 Å². The molecule has 4 rings (SSSR count). The lowest BCUT2D eigenvalue weighted by Gasteiger charge is -2.44. The van der Waals surface area contributed by atoms with Gasteiger partial charge in [-0.3, -0.25) is 4.90 Å². The van der Waals surface area contributed by atoms with Gasteiger partial charge in [0.25, 0.3) is 0 Å². The molecule has 2 N–H and O–H groups in total. The summed E-state index contributed by atoms with van der Waals surface area (Å²) in [5, 5.41) is 5.07. The van der Waals surface area contributed by atoms with Crippen LogP contribution in [0.25, 0.3) is 0 Å². The number of halogens is 1. The first-order chi connectivity index (χ1) is 11.7. The molecule has 1 saturated carbocycles. The van der Waals surface area contributed by atoms with Gasteiger partial charge in [-0.1, -0.05) is 23.7 Å². The molecule has 24 heavy (non-hydrogen) atoms. The summed E-state index contributed by atoms with van der Waals surface area (Å²) in [6.07, 6.45) is 6.27. The summed E-state index contributed by atoms with van der Waals surface area (Å²) in [4.78, 5) is 6.95. The Kier molecular flexibility index (Phi) is 4.33. The van der Waals surface area contributed by atoms with E-state index in [0.29, 0.717) is 12.6 Å². The topological polar surface area (TPSA) is 60.0 Å². The summed E-state index contributed by atoms with van der Waals surface area (Å²) >= 11 is 6.21. The van der Waals surface area contributed by atoms with Gasteiger partial charge < -0.3 is 5.73 Å². The van der Waals surface area contributed by atoms with Crippen LogP contribution in [0.1, 0.15) is 37.1 Å². The molecule has 6 heteroatoms. The Bertz CT molecular complexity index is 705. The Morgan fingerprint density at radius 1 is 1.25 bits per heavy atom. The van der Waals surface area contributed by atoms with Crippen LogP contribution in [0.2, 0.25) is 5.02 Å². The van der Waals surface area contributed by atoms with E-state index in [2.05, 4.69) is 27.1 Å². The lowest BCUT2D eigenvalue weighted by molar-refractivity contribution is 0.0948. The molecule has 2 aliphatic rings. The molecule has 0 unspecified atom stereocenters. The summed E-state index contributed by atoms with van der Waals surface area (Å²) in [6, 6.07) is 8.87. The highest BCUT2D eigenvalue weighted by Crippen LogP contribution is 2.41. The van der Waals surface area contributed by atoms with Crippen molar-refractivity contribution >= 4 is 11.6 Å². The van der Waals surface area contributed by atoms with Crippen LogP contribution in [0.3, 0.4) is 0 Å². The molecule has 0 bridgehead atoms. The van der Waals surface area contributed by atoms with Gasteiger partial charge >= 0.3 is 0 Å². The summed E-state index contributed by atoms with van der Waals surface area (Å²) in [7, 11) is 0. The minimum absolute atomic E-state index is 0.0806. The van der Waals surface area contributed by atoms with Gasteiger partial charge in [-0.25, -0.2) is 9.67 Å². The van der Waals surface area contributed by atoms with E-state index in [9.17, 15) is 0 Å². The van der Waals surface area contributed by atoms with E-state index >= 15 is 0 Å². The highest BCUT2D eigenvalue weighted by Gasteiger charge is 2.38. The SMILES string of the molecule is NCC1(c2cccc(Cl)c2)CCC(N2CCn3ncnc3C2)CC1. The predicted molar refractivity (Wildman–Crippen MR) is 94.9 cm³/mol. The summed E-state index contributed by atoms with van der Waals surface area (Å²) in [5.74, 6) is 1.09. The molecule has 1 aromatic heterocycles. The molecule has 0 amide bonds. The maximum Gasteiger partial charge on any atom is 0.141 e. The molecule has 0 radical (unpaired) electrons. The fourth-order valence-corrected chi connectivity index (χ4v) is 4.53. The number of benzene rings is 1. The number of nitrogens with two attached hydrogens (primary N) is 1. The third-order valence-corrected chi connectivity index (χ3v) is 6.13. The zero-order valence-corrected chi connectivity index (χ0v) is 14.6. The second-order valence-corrected chi connectivity index (χ2v) is 7.53. The highest BCUT2D eigenvalue weighted by molar-refractivity contribution is 6.30. The molecule has 128 valence electrons. The van der Waals surface area contributed by atoms with E-state index in [0.717, 1.165) is 43.3 Å². The average molecular weight is 346 g/mol. The average Bonchev–Trinajstić information content (AvgIpc) is 3.09. The highest BCUT2D eigenvalue weighted by atomic mass is 35.5. The zero-order chi connectivity index (χ0) is 16.6. The van der Waals surface area contributed by atoms with Crippen molar-refractivity contribution in [1.29, 1.82) is 0 Å². The zero-order valence-electron chi connectivity index (χ0n) is 13.9. The van der Waals surface area contributed by atoms with Crippen LogP contribution in [-0.4, -0.2) is 38.8 Å². The first kappa shape index (κ1) is 16.1. The van der Waals surface area contributed by atoms with Gasteiger partial charge in [0.1, 0.15) is 12.2 Å². The smallest absolute Gasteiger partial charge is 0.141 e. The van der Waals surface area contributed by atoms with E-state index in [4.69, 9.17) is 17.3 Å². The van der Waals surface area contributed by atoms with E-state index < -0.39 is 0 Å². The van der Waals surface area contributed by atoms with E-state index in [1.165, 1.54) is 18.4 Å². The Labute approximate surface area is 147 Å². The molecular weight excluding hydrogens is 322 g/mol. The van der Waals surface area contributed by atoms with Crippen molar-refractivity contribution in [2.45, 2.75) is 50.2 Å². The van der Waals surface area contributed by atoms with Gasteiger partial charge in [-0.05, 0) is 43.4 Å². The Morgan fingerprint density at radius 2 is 2.08 bits per heavy atom. The molecule has 0 saturated heterocycles. The number of rotatable bonds is 3. The van der Waals surface area contributed by atoms with Gasteiger partial charge in [-0.15, -0.1) is 0 Å². The molecule has 0 atom stereocenters. The van der Waals surface area contributed by atoms with Gasteiger partial charge in [0.05, 0.1) is 13.1 Å². The van der Waals surface area contributed by atoms with Crippen molar-refractivity contribution in [3.05, 3.63) is 47.0 Å². The molecule has 1 aromatic carbocycles. The van der Waals surface area contributed by atoms with Crippen LogP contribution in [0.5, 0.6) is 0 Å². The third-order valence-electron chi connectivity index (χ3n) is 5.90. The molecule has 1 aliphatic carbocycles. The molecular formula is C18H24ClN5. The lowest BCUT2D eigenvalue weighted by atomic mass is 9.68. The minimum Gasteiger partial charge on any atom is -0.330 e. The van der Waals surface area contributed by atoms with Gasteiger partial charge in [0.2, 0.25) is 0 Å². The number of hydrogen-bond donors (Lipinski definition) is 1. The number of hydrogen-bond acceptors (Lipinski definition) is 4. The number of fused-ring (bicyclic) bond motifs is 1. The first-order valence-corrected chi connectivity index (χ1v) is 9.15. The van der Waals surface area contributed by atoms with Crippen LogP contribution in [-0.2, 0) is 18.5 Å². The summed E-state index contributed by atoms with van der Waals surface area (Å²) in [6.45, 7) is 3.61. The maximum atomic E-state index is 6.22. The lowest BCUT2D eigenvalue weighted by Crippen LogP contribution is -2.47. The van der Waals surface area contributed by atoms with E-state index in [-0.39, 0.29) is 5.41 Å². The minimum atomic E-state index is 0.0806. The Morgan fingerprint density at radius 3 is 2.83 bits per heavy atom. The second kappa shape index (κ2) is 6.47. The quantitative estimate of drug-likeness (QED) is 0.928. The van der Waals surface area contributed by atoms with Crippen LogP contribution >= 0.6 is 11.6 Å². The number of aromatic nitrogens is 3. The van der Waals surface area contributed by atoms with Crippen LogP contribution in [0, 0.1) is 0 Å². The molecule has 5 nitrogen and oxygen atoms in total. The fourth-order valence-electron chi connectivity index (χ4n) is 4.34. The fraction of sp³-hybridized carbons (Fsp3) is 0.556.